The quantitative estimate of drug-likeness (QED) is 0.800. The number of nitrogens with zero attached hydrogens (tertiary/aromatic N) is 5. The molecule has 0 bridgehead atoms. The zero-order chi connectivity index (χ0) is 21.4. The minimum Gasteiger partial charge on any atom is -0.369 e. The first-order chi connectivity index (χ1) is 15.1. The molecule has 1 N–H and O–H groups in total. The Morgan fingerprint density at radius 2 is 1.68 bits per heavy atom. The van der Waals surface area contributed by atoms with Crippen LogP contribution in [-0.4, -0.2) is 70.5 Å². The van der Waals surface area contributed by atoms with E-state index in [4.69, 9.17) is 0 Å². The molecular weight excluding hydrogens is 396 g/mol. The molecular formula is C22H24N6O3. The second kappa shape index (κ2) is 7.99. The van der Waals surface area contributed by atoms with Crippen molar-refractivity contribution in [2.24, 2.45) is 0 Å². The summed E-state index contributed by atoms with van der Waals surface area (Å²) < 4.78 is 0. The van der Waals surface area contributed by atoms with Gasteiger partial charge in [-0.2, -0.15) is 0 Å². The van der Waals surface area contributed by atoms with Crippen LogP contribution in [0.5, 0.6) is 0 Å². The highest BCUT2D eigenvalue weighted by Gasteiger charge is 2.36. The zero-order valence-corrected chi connectivity index (χ0v) is 17.2. The van der Waals surface area contributed by atoms with Gasteiger partial charge in [-0.1, -0.05) is 12.1 Å². The average molecular weight is 420 g/mol. The summed E-state index contributed by atoms with van der Waals surface area (Å²) in [6, 6.07) is 9.46. The number of urea groups is 1. The van der Waals surface area contributed by atoms with Gasteiger partial charge in [-0.3, -0.25) is 24.8 Å². The van der Waals surface area contributed by atoms with Crippen molar-refractivity contribution in [3.05, 3.63) is 59.4 Å². The van der Waals surface area contributed by atoms with E-state index in [9.17, 15) is 14.4 Å². The Morgan fingerprint density at radius 1 is 0.903 bits per heavy atom. The number of imide groups is 1. The second-order valence-electron chi connectivity index (χ2n) is 8.05. The van der Waals surface area contributed by atoms with E-state index in [1.165, 1.54) is 15.7 Å². The van der Waals surface area contributed by atoms with Gasteiger partial charge in [0.2, 0.25) is 5.91 Å². The summed E-state index contributed by atoms with van der Waals surface area (Å²) in [6.45, 7) is 5.25. The lowest BCUT2D eigenvalue weighted by atomic mass is 10.1. The summed E-state index contributed by atoms with van der Waals surface area (Å²) in [5, 5.41) is 5.04. The molecule has 0 saturated carbocycles. The van der Waals surface area contributed by atoms with Crippen LogP contribution in [0.15, 0.2) is 42.7 Å². The summed E-state index contributed by atoms with van der Waals surface area (Å²) in [5.74, 6) is -0.506. The molecule has 0 radical (unpaired) electrons. The molecule has 9 nitrogen and oxygen atoms in total. The molecule has 2 saturated heterocycles. The predicted octanol–water partition coefficient (Wildman–Crippen LogP) is 1.22. The molecule has 160 valence electrons. The van der Waals surface area contributed by atoms with Crippen LogP contribution in [0.2, 0.25) is 0 Å². The van der Waals surface area contributed by atoms with E-state index in [2.05, 4.69) is 26.2 Å². The first-order valence-electron chi connectivity index (χ1n) is 10.5. The van der Waals surface area contributed by atoms with Crippen molar-refractivity contribution >= 4 is 23.5 Å². The zero-order valence-electron chi connectivity index (χ0n) is 17.2. The molecule has 0 aliphatic carbocycles. The number of carbonyl (C=O) groups excluding carboxylic acids is 3. The minimum absolute atomic E-state index is 0.197. The number of anilines is 1. The number of aromatic nitrogens is 1. The number of hydrazine groups is 1. The molecule has 0 atom stereocenters. The number of amides is 4. The van der Waals surface area contributed by atoms with Crippen LogP contribution in [0.25, 0.3) is 0 Å². The van der Waals surface area contributed by atoms with Gasteiger partial charge in [0.1, 0.15) is 0 Å². The van der Waals surface area contributed by atoms with Crippen LogP contribution in [0.1, 0.15) is 27.9 Å². The number of benzene rings is 1. The van der Waals surface area contributed by atoms with Gasteiger partial charge >= 0.3 is 6.03 Å². The molecule has 4 amide bonds. The molecule has 1 aromatic carbocycles. The fraction of sp³-hybridized carbons (Fsp3) is 0.364. The lowest BCUT2D eigenvalue weighted by Gasteiger charge is -2.36. The highest BCUT2D eigenvalue weighted by atomic mass is 16.2. The van der Waals surface area contributed by atoms with Crippen molar-refractivity contribution in [3.8, 4) is 0 Å². The van der Waals surface area contributed by atoms with Crippen LogP contribution >= 0.6 is 0 Å². The molecule has 4 heterocycles. The third kappa shape index (κ3) is 3.84. The van der Waals surface area contributed by atoms with E-state index < -0.39 is 6.03 Å². The molecule has 5 rings (SSSR count). The van der Waals surface area contributed by atoms with E-state index in [1.54, 1.807) is 0 Å². The number of hydrogen-bond acceptors (Lipinski definition) is 6. The van der Waals surface area contributed by atoms with E-state index in [1.807, 2.05) is 36.7 Å². The molecule has 0 unspecified atom stereocenters. The molecule has 1 aromatic heterocycles. The van der Waals surface area contributed by atoms with Gasteiger partial charge in [-0.05, 0) is 29.3 Å². The first kappa shape index (κ1) is 19.5. The molecule has 3 aliphatic heterocycles. The van der Waals surface area contributed by atoms with Gasteiger partial charge in [-0.15, -0.1) is 0 Å². The third-order valence-corrected chi connectivity index (χ3v) is 6.08. The minimum atomic E-state index is -0.537. The summed E-state index contributed by atoms with van der Waals surface area (Å²) in [4.78, 5) is 45.2. The summed E-state index contributed by atoms with van der Waals surface area (Å²) in [7, 11) is 0. The van der Waals surface area contributed by atoms with Crippen molar-refractivity contribution in [2.45, 2.75) is 19.5 Å². The van der Waals surface area contributed by atoms with Crippen molar-refractivity contribution in [3.63, 3.8) is 0 Å². The standard InChI is InChI=1S/C22H24N6O3/c29-20-5-8-27(22(31)24-20)28-15-17-13-16(1-2-19(17)21(28)30)14-25-9-11-26(12-10-25)18-3-6-23-7-4-18/h1-4,6-7,13H,5,8-12,14-15H2,(H,24,29,31). The normalized spacial score (nSPS) is 19.6. The van der Waals surface area contributed by atoms with Crippen LogP contribution in [-0.2, 0) is 17.9 Å². The summed E-state index contributed by atoms with van der Waals surface area (Å²) in [6.07, 6.45) is 3.84. The molecule has 3 aliphatic rings. The number of pyridine rings is 1. The predicted molar refractivity (Wildman–Crippen MR) is 113 cm³/mol. The monoisotopic (exact) mass is 420 g/mol. The van der Waals surface area contributed by atoms with Gasteiger partial charge in [0, 0.05) is 62.8 Å². The van der Waals surface area contributed by atoms with Crippen molar-refractivity contribution in [2.75, 3.05) is 37.6 Å². The smallest absolute Gasteiger partial charge is 0.342 e. The van der Waals surface area contributed by atoms with Gasteiger partial charge in [0.15, 0.2) is 0 Å². The van der Waals surface area contributed by atoms with Gasteiger partial charge < -0.3 is 4.90 Å². The lowest BCUT2D eigenvalue weighted by Crippen LogP contribution is -2.56. The third-order valence-electron chi connectivity index (χ3n) is 6.08. The van der Waals surface area contributed by atoms with Crippen LogP contribution in [0, 0.1) is 0 Å². The Balaban J connectivity index is 1.22. The summed E-state index contributed by atoms with van der Waals surface area (Å²) in [5.41, 5.74) is 3.90. The Hall–Kier alpha value is -3.46. The maximum atomic E-state index is 12.8. The van der Waals surface area contributed by atoms with Crippen LogP contribution in [0.4, 0.5) is 10.5 Å². The second-order valence-corrected chi connectivity index (χ2v) is 8.05. The van der Waals surface area contributed by atoms with Crippen LogP contribution < -0.4 is 10.2 Å². The van der Waals surface area contributed by atoms with E-state index in [0.29, 0.717) is 12.1 Å². The molecule has 9 heteroatoms. The molecule has 0 spiro atoms. The number of carbonyl (C=O) groups is 3. The lowest BCUT2D eigenvalue weighted by molar-refractivity contribution is -0.123. The largest absolute Gasteiger partial charge is 0.369 e. The van der Waals surface area contributed by atoms with Gasteiger partial charge in [0.25, 0.3) is 5.91 Å². The Morgan fingerprint density at radius 3 is 2.42 bits per heavy atom. The van der Waals surface area contributed by atoms with Gasteiger partial charge in [-0.25, -0.2) is 14.8 Å². The number of fused-ring (bicyclic) bond motifs is 1. The highest BCUT2D eigenvalue weighted by Crippen LogP contribution is 2.27. The maximum Gasteiger partial charge on any atom is 0.342 e. The van der Waals surface area contributed by atoms with Gasteiger partial charge in [0.05, 0.1) is 13.1 Å². The topological polar surface area (TPSA) is 89.1 Å². The number of nitrogens with one attached hydrogen (secondary N) is 1. The number of hydrogen-bond donors (Lipinski definition) is 1. The number of rotatable bonds is 4. The fourth-order valence-corrected chi connectivity index (χ4v) is 4.41. The maximum absolute atomic E-state index is 12.8. The Kier molecular flexibility index (Phi) is 5.03. The van der Waals surface area contributed by atoms with E-state index >= 15 is 0 Å². The molecule has 31 heavy (non-hydrogen) atoms. The Bertz CT molecular complexity index is 1020. The number of piperazine rings is 1. The Labute approximate surface area is 180 Å². The molecule has 2 fully saturated rings. The van der Waals surface area contributed by atoms with E-state index in [-0.39, 0.29) is 24.8 Å². The average Bonchev–Trinajstić information content (AvgIpc) is 3.10. The fourth-order valence-electron chi connectivity index (χ4n) is 4.41. The van der Waals surface area contributed by atoms with Crippen molar-refractivity contribution < 1.29 is 14.4 Å². The summed E-state index contributed by atoms with van der Waals surface area (Å²) >= 11 is 0. The first-order valence-corrected chi connectivity index (χ1v) is 10.5. The molecule has 2 aromatic rings. The van der Waals surface area contributed by atoms with Crippen molar-refractivity contribution in [1.82, 2.24) is 25.2 Å². The van der Waals surface area contributed by atoms with E-state index in [0.717, 1.165) is 43.9 Å². The van der Waals surface area contributed by atoms with Crippen molar-refractivity contribution in [1.29, 1.82) is 0 Å². The highest BCUT2D eigenvalue weighted by molar-refractivity contribution is 6.01. The van der Waals surface area contributed by atoms with Crippen LogP contribution in [0.3, 0.4) is 0 Å². The SMILES string of the molecule is O=C1CCN(N2Cc3cc(CN4CCN(c5ccncc5)CC4)ccc3C2=O)C(=O)N1.